The number of likely N-dealkylation sites (tertiary alicyclic amines) is 1. The molecular formula is C16H26N2. The van der Waals surface area contributed by atoms with Gasteiger partial charge in [-0.2, -0.15) is 0 Å². The molecule has 0 amide bonds. The molecule has 0 radical (unpaired) electrons. The van der Waals surface area contributed by atoms with Gasteiger partial charge in [0.25, 0.3) is 0 Å². The second kappa shape index (κ2) is 6.91. The Bertz CT molecular complexity index is 339. The third kappa shape index (κ3) is 3.56. The lowest BCUT2D eigenvalue weighted by Gasteiger charge is -2.22. The quantitative estimate of drug-likeness (QED) is 0.836. The first-order valence-electron chi connectivity index (χ1n) is 7.34. The highest BCUT2D eigenvalue weighted by Gasteiger charge is 2.17. The van der Waals surface area contributed by atoms with Crippen molar-refractivity contribution in [1.29, 1.82) is 0 Å². The highest BCUT2D eigenvalue weighted by molar-refractivity contribution is 5.26. The molecule has 1 aliphatic heterocycles. The van der Waals surface area contributed by atoms with E-state index < -0.39 is 0 Å². The molecule has 2 rings (SSSR count). The van der Waals surface area contributed by atoms with E-state index in [1.165, 1.54) is 49.9 Å². The standard InChI is InChI=1S/C16H26N2/c1-2-5-14-6-8-15(9-7-14)16(12-17)13-18-10-3-4-11-18/h6-9,16H,2-5,10-13,17H2,1H3. The first-order valence-corrected chi connectivity index (χ1v) is 7.34. The van der Waals surface area contributed by atoms with Crippen molar-refractivity contribution in [3.05, 3.63) is 35.4 Å². The van der Waals surface area contributed by atoms with Crippen LogP contribution in [0.4, 0.5) is 0 Å². The molecule has 0 aromatic heterocycles. The van der Waals surface area contributed by atoms with Crippen molar-refractivity contribution in [3.8, 4) is 0 Å². The molecule has 1 aromatic carbocycles. The van der Waals surface area contributed by atoms with E-state index in [-0.39, 0.29) is 0 Å². The maximum Gasteiger partial charge on any atom is 0.00888 e. The first-order chi connectivity index (χ1) is 8.83. The van der Waals surface area contributed by atoms with Gasteiger partial charge in [0.1, 0.15) is 0 Å². The fourth-order valence-corrected chi connectivity index (χ4v) is 2.84. The molecule has 2 nitrogen and oxygen atoms in total. The molecule has 0 aliphatic carbocycles. The van der Waals surface area contributed by atoms with Gasteiger partial charge in [0.2, 0.25) is 0 Å². The highest BCUT2D eigenvalue weighted by atomic mass is 15.1. The Kier molecular flexibility index (Phi) is 5.21. The van der Waals surface area contributed by atoms with Crippen LogP contribution in [0.2, 0.25) is 0 Å². The summed E-state index contributed by atoms with van der Waals surface area (Å²) in [5.74, 6) is 0.499. The van der Waals surface area contributed by atoms with Crippen molar-refractivity contribution < 1.29 is 0 Å². The molecule has 1 unspecified atom stereocenters. The van der Waals surface area contributed by atoms with Crippen LogP contribution < -0.4 is 5.73 Å². The fourth-order valence-electron chi connectivity index (χ4n) is 2.84. The SMILES string of the molecule is CCCc1ccc(C(CN)CN2CCCC2)cc1. The smallest absolute Gasteiger partial charge is 0.00888 e. The summed E-state index contributed by atoms with van der Waals surface area (Å²) in [6, 6.07) is 9.09. The van der Waals surface area contributed by atoms with Crippen molar-refractivity contribution in [3.63, 3.8) is 0 Å². The van der Waals surface area contributed by atoms with Crippen LogP contribution in [0.1, 0.15) is 43.2 Å². The zero-order valence-corrected chi connectivity index (χ0v) is 11.6. The van der Waals surface area contributed by atoms with Gasteiger partial charge in [-0.25, -0.2) is 0 Å². The average Bonchev–Trinajstić information content (AvgIpc) is 2.90. The molecule has 1 fully saturated rings. The van der Waals surface area contributed by atoms with Crippen LogP contribution in [-0.4, -0.2) is 31.1 Å². The predicted molar refractivity (Wildman–Crippen MR) is 77.9 cm³/mol. The van der Waals surface area contributed by atoms with Gasteiger partial charge < -0.3 is 10.6 Å². The summed E-state index contributed by atoms with van der Waals surface area (Å²) >= 11 is 0. The molecule has 1 aromatic rings. The summed E-state index contributed by atoms with van der Waals surface area (Å²) in [4.78, 5) is 2.55. The van der Waals surface area contributed by atoms with Crippen molar-refractivity contribution in [1.82, 2.24) is 4.90 Å². The zero-order valence-electron chi connectivity index (χ0n) is 11.6. The van der Waals surface area contributed by atoms with E-state index in [1.807, 2.05) is 0 Å². The molecule has 1 saturated heterocycles. The third-order valence-corrected chi connectivity index (χ3v) is 3.95. The minimum absolute atomic E-state index is 0.499. The van der Waals surface area contributed by atoms with Gasteiger partial charge in [-0.05, 0) is 43.5 Å². The topological polar surface area (TPSA) is 29.3 Å². The Hall–Kier alpha value is -0.860. The second-order valence-electron chi connectivity index (χ2n) is 5.43. The van der Waals surface area contributed by atoms with Crippen molar-refractivity contribution in [2.75, 3.05) is 26.2 Å². The van der Waals surface area contributed by atoms with E-state index >= 15 is 0 Å². The minimum atomic E-state index is 0.499. The Morgan fingerprint density at radius 1 is 1.17 bits per heavy atom. The highest BCUT2D eigenvalue weighted by Crippen LogP contribution is 2.20. The largest absolute Gasteiger partial charge is 0.330 e. The molecule has 18 heavy (non-hydrogen) atoms. The molecule has 0 saturated carbocycles. The maximum absolute atomic E-state index is 5.95. The summed E-state index contributed by atoms with van der Waals surface area (Å²) in [7, 11) is 0. The van der Waals surface area contributed by atoms with Gasteiger partial charge in [0.05, 0.1) is 0 Å². The van der Waals surface area contributed by atoms with Crippen LogP contribution >= 0.6 is 0 Å². The lowest BCUT2D eigenvalue weighted by Crippen LogP contribution is -2.29. The van der Waals surface area contributed by atoms with E-state index in [4.69, 9.17) is 5.73 Å². The minimum Gasteiger partial charge on any atom is -0.330 e. The molecule has 0 spiro atoms. The Balaban J connectivity index is 1.97. The zero-order chi connectivity index (χ0) is 12.8. The normalized spacial score (nSPS) is 18.1. The van der Waals surface area contributed by atoms with E-state index in [0.29, 0.717) is 5.92 Å². The molecule has 2 heteroatoms. The molecule has 2 N–H and O–H groups in total. The Labute approximate surface area is 111 Å². The van der Waals surface area contributed by atoms with E-state index in [1.54, 1.807) is 0 Å². The number of rotatable bonds is 6. The van der Waals surface area contributed by atoms with Gasteiger partial charge in [0.15, 0.2) is 0 Å². The lowest BCUT2D eigenvalue weighted by atomic mass is 9.96. The molecule has 100 valence electrons. The number of benzene rings is 1. The lowest BCUT2D eigenvalue weighted by molar-refractivity contribution is 0.315. The maximum atomic E-state index is 5.95. The van der Waals surface area contributed by atoms with Gasteiger partial charge in [-0.1, -0.05) is 37.6 Å². The summed E-state index contributed by atoms with van der Waals surface area (Å²) in [5.41, 5.74) is 8.80. The van der Waals surface area contributed by atoms with Gasteiger partial charge >= 0.3 is 0 Å². The van der Waals surface area contributed by atoms with Crippen LogP contribution in [0.15, 0.2) is 24.3 Å². The second-order valence-corrected chi connectivity index (χ2v) is 5.43. The molecular weight excluding hydrogens is 220 g/mol. The molecule has 1 atom stereocenters. The van der Waals surface area contributed by atoms with Crippen molar-refractivity contribution in [2.45, 2.75) is 38.5 Å². The number of nitrogens with two attached hydrogens (primary N) is 1. The van der Waals surface area contributed by atoms with E-state index in [9.17, 15) is 0 Å². The predicted octanol–water partition coefficient (Wildman–Crippen LogP) is 2.78. The fraction of sp³-hybridized carbons (Fsp3) is 0.625. The number of hydrogen-bond acceptors (Lipinski definition) is 2. The third-order valence-electron chi connectivity index (χ3n) is 3.95. The van der Waals surface area contributed by atoms with E-state index in [2.05, 4.69) is 36.1 Å². The molecule has 0 bridgehead atoms. The van der Waals surface area contributed by atoms with Crippen LogP contribution in [0, 0.1) is 0 Å². The summed E-state index contributed by atoms with van der Waals surface area (Å²) in [6.07, 6.45) is 5.10. The summed E-state index contributed by atoms with van der Waals surface area (Å²) in [5, 5.41) is 0. The first kappa shape index (κ1) is 13.6. The average molecular weight is 246 g/mol. The molecule has 1 heterocycles. The van der Waals surface area contributed by atoms with Gasteiger partial charge in [-0.15, -0.1) is 0 Å². The monoisotopic (exact) mass is 246 g/mol. The van der Waals surface area contributed by atoms with Gasteiger partial charge in [-0.3, -0.25) is 0 Å². The van der Waals surface area contributed by atoms with Crippen LogP contribution in [0.25, 0.3) is 0 Å². The summed E-state index contributed by atoms with van der Waals surface area (Å²) in [6.45, 7) is 6.62. The molecule has 1 aliphatic rings. The number of nitrogens with zero attached hydrogens (tertiary/aromatic N) is 1. The van der Waals surface area contributed by atoms with Crippen LogP contribution in [-0.2, 0) is 6.42 Å². The van der Waals surface area contributed by atoms with E-state index in [0.717, 1.165) is 13.1 Å². The van der Waals surface area contributed by atoms with Gasteiger partial charge in [0, 0.05) is 19.0 Å². The Morgan fingerprint density at radius 2 is 1.83 bits per heavy atom. The number of aryl methyl sites for hydroxylation is 1. The van der Waals surface area contributed by atoms with Crippen molar-refractivity contribution in [2.24, 2.45) is 5.73 Å². The van der Waals surface area contributed by atoms with Crippen LogP contribution in [0.5, 0.6) is 0 Å². The number of hydrogen-bond donors (Lipinski definition) is 1. The van der Waals surface area contributed by atoms with Crippen molar-refractivity contribution >= 4 is 0 Å². The Morgan fingerprint density at radius 3 is 2.39 bits per heavy atom. The summed E-state index contributed by atoms with van der Waals surface area (Å²) < 4.78 is 0. The van der Waals surface area contributed by atoms with Crippen LogP contribution in [0.3, 0.4) is 0 Å².